The molecule has 0 radical (unpaired) electrons. The average molecular weight is 434 g/mol. The van der Waals surface area contributed by atoms with Gasteiger partial charge in [-0.1, -0.05) is 23.5 Å². The summed E-state index contributed by atoms with van der Waals surface area (Å²) in [5, 5.41) is 11.1. The number of nitrogens with zero attached hydrogens (tertiary/aromatic N) is 3. The molecule has 2 aromatic carbocycles. The molecule has 0 spiro atoms. The fourth-order valence-electron chi connectivity index (χ4n) is 2.72. The van der Waals surface area contributed by atoms with Crippen LogP contribution in [-0.2, 0) is 17.8 Å². The molecule has 0 fully saturated rings. The number of amides is 1. The van der Waals surface area contributed by atoms with Gasteiger partial charge < -0.3 is 4.57 Å². The van der Waals surface area contributed by atoms with Crippen LogP contribution in [0.1, 0.15) is 5.56 Å². The number of thioether (sulfide) groups is 2. The van der Waals surface area contributed by atoms with Crippen molar-refractivity contribution in [3.63, 3.8) is 0 Å². The number of fused-ring (bicyclic) bond motifs is 1. The van der Waals surface area contributed by atoms with Gasteiger partial charge in [-0.3, -0.25) is 14.9 Å². The van der Waals surface area contributed by atoms with Crippen LogP contribution in [0.5, 0.6) is 0 Å². The molecular formula is C19H19N3O3S3. The normalized spacial score (nSPS) is 11.9. The molecule has 1 amide bonds. The second-order valence-corrected chi connectivity index (χ2v) is 8.84. The van der Waals surface area contributed by atoms with Crippen molar-refractivity contribution in [3.05, 3.63) is 62.9 Å². The van der Waals surface area contributed by atoms with Crippen molar-refractivity contribution >= 4 is 56.7 Å². The Labute approximate surface area is 174 Å². The summed E-state index contributed by atoms with van der Waals surface area (Å²) in [7, 11) is 0. The summed E-state index contributed by atoms with van der Waals surface area (Å²) < 4.78 is 2.72. The zero-order chi connectivity index (χ0) is 20.1. The Balaban J connectivity index is 1.96. The van der Waals surface area contributed by atoms with E-state index in [0.29, 0.717) is 11.3 Å². The number of hydrogen-bond donors (Lipinski definition) is 0. The smallest absolute Gasteiger partial charge is 0.270 e. The van der Waals surface area contributed by atoms with Gasteiger partial charge in [-0.2, -0.15) is 16.8 Å². The maximum atomic E-state index is 12.5. The van der Waals surface area contributed by atoms with Crippen molar-refractivity contribution in [3.8, 4) is 0 Å². The molecule has 28 heavy (non-hydrogen) atoms. The standard InChI is InChI=1S/C19H19N3O3S3/c1-26-10-9-21-16-8-5-14(22(24)25)12-17(16)28-19(21)20-18(23)11-13-3-6-15(27-2)7-4-13/h3-8,12H,9-11H2,1-2H3. The van der Waals surface area contributed by atoms with E-state index in [9.17, 15) is 14.9 Å². The third kappa shape index (κ3) is 4.84. The molecular weight excluding hydrogens is 414 g/mol. The molecule has 0 bridgehead atoms. The molecule has 0 saturated heterocycles. The lowest BCUT2D eigenvalue weighted by molar-refractivity contribution is -0.384. The topological polar surface area (TPSA) is 77.5 Å². The van der Waals surface area contributed by atoms with Crippen molar-refractivity contribution in [1.82, 2.24) is 4.57 Å². The van der Waals surface area contributed by atoms with Crippen molar-refractivity contribution in [1.29, 1.82) is 0 Å². The van der Waals surface area contributed by atoms with Gasteiger partial charge >= 0.3 is 0 Å². The summed E-state index contributed by atoms with van der Waals surface area (Å²) in [4.78, 5) is 29.2. The highest BCUT2D eigenvalue weighted by Crippen LogP contribution is 2.23. The predicted molar refractivity (Wildman–Crippen MR) is 117 cm³/mol. The second-order valence-electron chi connectivity index (χ2n) is 5.97. The number of aromatic nitrogens is 1. The molecule has 1 heterocycles. The number of hydrogen-bond acceptors (Lipinski definition) is 6. The van der Waals surface area contributed by atoms with E-state index in [1.54, 1.807) is 35.7 Å². The van der Waals surface area contributed by atoms with Crippen LogP contribution < -0.4 is 4.80 Å². The molecule has 0 aliphatic carbocycles. The number of carbonyl (C=O) groups excluding carboxylic acids is 1. The average Bonchev–Trinajstić information content (AvgIpc) is 3.02. The molecule has 0 aliphatic heterocycles. The lowest BCUT2D eigenvalue weighted by atomic mass is 10.1. The Kier molecular flexibility index (Phi) is 6.93. The number of thiazole rings is 1. The fourth-order valence-corrected chi connectivity index (χ4v) is 4.60. The van der Waals surface area contributed by atoms with Crippen LogP contribution in [0.4, 0.5) is 5.69 Å². The van der Waals surface area contributed by atoms with Gasteiger partial charge in [-0.15, -0.1) is 11.8 Å². The van der Waals surface area contributed by atoms with Crippen LogP contribution in [0.2, 0.25) is 0 Å². The molecule has 6 nitrogen and oxygen atoms in total. The second kappa shape index (κ2) is 9.40. The Morgan fingerprint density at radius 1 is 1.21 bits per heavy atom. The van der Waals surface area contributed by atoms with E-state index in [-0.39, 0.29) is 18.0 Å². The predicted octanol–water partition coefficient (Wildman–Crippen LogP) is 4.37. The molecule has 0 atom stereocenters. The molecule has 0 N–H and O–H groups in total. The molecule has 146 valence electrons. The van der Waals surface area contributed by atoms with Crippen molar-refractivity contribution < 1.29 is 9.72 Å². The molecule has 0 unspecified atom stereocenters. The summed E-state index contributed by atoms with van der Waals surface area (Å²) in [5.41, 5.74) is 1.82. The van der Waals surface area contributed by atoms with Crippen LogP contribution in [-0.4, -0.2) is 33.7 Å². The number of aryl methyl sites for hydroxylation is 1. The third-order valence-electron chi connectivity index (χ3n) is 4.13. The van der Waals surface area contributed by atoms with Crippen LogP contribution in [0.3, 0.4) is 0 Å². The molecule has 0 aliphatic rings. The fraction of sp³-hybridized carbons (Fsp3) is 0.263. The summed E-state index contributed by atoms with van der Waals surface area (Å²) >= 11 is 4.66. The minimum Gasteiger partial charge on any atom is -0.316 e. The number of nitro groups is 1. The lowest BCUT2D eigenvalue weighted by Gasteiger charge is -2.04. The molecule has 9 heteroatoms. The Morgan fingerprint density at radius 2 is 1.96 bits per heavy atom. The van der Waals surface area contributed by atoms with Crippen molar-refractivity contribution in [2.24, 2.45) is 4.99 Å². The summed E-state index contributed by atoms with van der Waals surface area (Å²) in [6.45, 7) is 0.688. The minimum atomic E-state index is -0.411. The van der Waals surface area contributed by atoms with Crippen LogP contribution in [0.25, 0.3) is 10.2 Å². The Bertz CT molecular complexity index is 1070. The van der Waals surface area contributed by atoms with E-state index in [1.807, 2.05) is 41.3 Å². The van der Waals surface area contributed by atoms with E-state index in [4.69, 9.17) is 0 Å². The third-order valence-corrected chi connectivity index (χ3v) is 6.51. The molecule has 3 rings (SSSR count). The zero-order valence-electron chi connectivity index (χ0n) is 15.5. The molecule has 3 aromatic rings. The Hall–Kier alpha value is -2.10. The first-order valence-corrected chi connectivity index (χ1v) is 11.9. The van der Waals surface area contributed by atoms with Gasteiger partial charge in [0, 0.05) is 29.3 Å². The van der Waals surface area contributed by atoms with Gasteiger partial charge in [0.1, 0.15) is 0 Å². The minimum absolute atomic E-state index is 0.0394. The van der Waals surface area contributed by atoms with Gasteiger partial charge in [0.25, 0.3) is 11.6 Å². The SMILES string of the molecule is CSCCn1c(=NC(=O)Cc2ccc(SC)cc2)sc2cc([N+](=O)[O-])ccc21. The number of carbonyl (C=O) groups is 1. The van der Waals surface area contributed by atoms with Gasteiger partial charge in [-0.25, -0.2) is 0 Å². The number of nitro benzene ring substituents is 1. The van der Waals surface area contributed by atoms with E-state index in [0.717, 1.165) is 26.4 Å². The zero-order valence-corrected chi connectivity index (χ0v) is 17.9. The lowest BCUT2D eigenvalue weighted by Crippen LogP contribution is -2.18. The van der Waals surface area contributed by atoms with Gasteiger partial charge in [-0.05, 0) is 36.3 Å². The molecule has 1 aromatic heterocycles. The van der Waals surface area contributed by atoms with Gasteiger partial charge in [0.2, 0.25) is 0 Å². The summed E-state index contributed by atoms with van der Waals surface area (Å²) in [5.74, 6) is 0.635. The van der Waals surface area contributed by atoms with E-state index in [2.05, 4.69) is 4.99 Å². The number of non-ortho nitro benzene ring substituents is 1. The van der Waals surface area contributed by atoms with Crippen molar-refractivity contribution in [2.45, 2.75) is 17.9 Å². The van der Waals surface area contributed by atoms with Crippen LogP contribution in [0.15, 0.2) is 52.4 Å². The van der Waals surface area contributed by atoms with Crippen molar-refractivity contribution in [2.75, 3.05) is 18.3 Å². The van der Waals surface area contributed by atoms with Crippen LogP contribution >= 0.6 is 34.9 Å². The highest BCUT2D eigenvalue weighted by molar-refractivity contribution is 7.98. The first-order valence-electron chi connectivity index (χ1n) is 8.49. The van der Waals surface area contributed by atoms with E-state index < -0.39 is 4.92 Å². The summed E-state index contributed by atoms with van der Waals surface area (Å²) in [6, 6.07) is 12.6. The monoisotopic (exact) mass is 433 g/mol. The van der Waals surface area contributed by atoms with Gasteiger partial charge in [0.15, 0.2) is 4.80 Å². The largest absolute Gasteiger partial charge is 0.316 e. The number of benzene rings is 2. The first-order chi connectivity index (χ1) is 13.5. The maximum Gasteiger partial charge on any atom is 0.270 e. The van der Waals surface area contributed by atoms with Gasteiger partial charge in [0.05, 0.1) is 21.6 Å². The van der Waals surface area contributed by atoms with Crippen LogP contribution in [0, 0.1) is 10.1 Å². The van der Waals surface area contributed by atoms with E-state index >= 15 is 0 Å². The maximum absolute atomic E-state index is 12.5. The highest BCUT2D eigenvalue weighted by atomic mass is 32.2. The Morgan fingerprint density at radius 3 is 2.61 bits per heavy atom. The molecule has 0 saturated carbocycles. The number of rotatable bonds is 7. The summed E-state index contributed by atoms with van der Waals surface area (Å²) in [6.07, 6.45) is 4.25. The quantitative estimate of drug-likeness (QED) is 0.314. The van der Waals surface area contributed by atoms with E-state index in [1.165, 1.54) is 17.4 Å². The highest BCUT2D eigenvalue weighted by Gasteiger charge is 2.13. The first kappa shape index (κ1) is 20.6.